The van der Waals surface area contributed by atoms with Gasteiger partial charge in [0.1, 0.15) is 6.04 Å². The van der Waals surface area contributed by atoms with Crippen LogP contribution in [0.5, 0.6) is 0 Å². The number of carbonyl (C=O) groups excluding carboxylic acids is 2. The van der Waals surface area contributed by atoms with Gasteiger partial charge < -0.3 is 10.2 Å². The molecular formula is C28H30BrClN2O2. The number of nitrogens with one attached hydrogen (secondary N) is 1. The molecule has 1 N–H and O–H groups in total. The third kappa shape index (κ3) is 8.00. The first-order valence-corrected chi connectivity index (χ1v) is 12.7. The third-order valence-corrected chi connectivity index (χ3v) is 6.36. The maximum atomic E-state index is 13.7. The molecule has 0 radical (unpaired) electrons. The fourth-order valence-electron chi connectivity index (χ4n) is 3.77. The lowest BCUT2D eigenvalue weighted by Crippen LogP contribution is -2.51. The lowest BCUT2D eigenvalue weighted by Gasteiger charge is -2.32. The molecule has 0 aliphatic carbocycles. The quantitative estimate of drug-likeness (QED) is 0.294. The average molecular weight is 542 g/mol. The molecular weight excluding hydrogens is 512 g/mol. The lowest BCUT2D eigenvalue weighted by atomic mass is 10.0. The third-order valence-electron chi connectivity index (χ3n) is 5.61. The van der Waals surface area contributed by atoms with Crippen molar-refractivity contribution in [2.24, 2.45) is 0 Å². The minimum atomic E-state index is -0.627. The summed E-state index contributed by atoms with van der Waals surface area (Å²) >= 11 is 9.54. The van der Waals surface area contributed by atoms with E-state index in [-0.39, 0.29) is 18.2 Å². The van der Waals surface area contributed by atoms with Crippen LogP contribution in [0, 0.1) is 0 Å². The Balaban J connectivity index is 1.93. The topological polar surface area (TPSA) is 49.4 Å². The minimum Gasteiger partial charge on any atom is -0.354 e. The molecule has 3 aromatic carbocycles. The highest BCUT2D eigenvalue weighted by Crippen LogP contribution is 2.19. The van der Waals surface area contributed by atoms with Crippen LogP contribution in [0.15, 0.2) is 83.3 Å². The van der Waals surface area contributed by atoms with Gasteiger partial charge in [-0.15, -0.1) is 0 Å². The molecule has 0 fully saturated rings. The molecule has 1 atom stereocenters. The van der Waals surface area contributed by atoms with Gasteiger partial charge in [0.2, 0.25) is 11.8 Å². The van der Waals surface area contributed by atoms with Crippen LogP contribution in [0.1, 0.15) is 36.5 Å². The summed E-state index contributed by atoms with van der Waals surface area (Å²) in [5.74, 6) is -0.231. The lowest BCUT2D eigenvalue weighted by molar-refractivity contribution is -0.140. The van der Waals surface area contributed by atoms with Gasteiger partial charge in [-0.05, 0) is 47.4 Å². The van der Waals surface area contributed by atoms with Gasteiger partial charge in [0.05, 0.1) is 6.42 Å². The molecule has 0 saturated carbocycles. The van der Waals surface area contributed by atoms with E-state index in [2.05, 4.69) is 28.2 Å². The Labute approximate surface area is 215 Å². The van der Waals surface area contributed by atoms with E-state index >= 15 is 0 Å². The summed E-state index contributed by atoms with van der Waals surface area (Å²) in [6.07, 6.45) is 2.52. The summed E-state index contributed by atoms with van der Waals surface area (Å²) in [7, 11) is 0. The number of amides is 2. The molecule has 3 aromatic rings. The van der Waals surface area contributed by atoms with Crippen molar-refractivity contribution in [3.63, 3.8) is 0 Å². The predicted octanol–water partition coefficient (Wildman–Crippen LogP) is 6.20. The summed E-state index contributed by atoms with van der Waals surface area (Å²) in [5.41, 5.74) is 2.83. The highest BCUT2D eigenvalue weighted by Gasteiger charge is 2.30. The van der Waals surface area contributed by atoms with E-state index in [0.29, 0.717) is 24.5 Å². The predicted molar refractivity (Wildman–Crippen MR) is 142 cm³/mol. The molecule has 4 nitrogen and oxygen atoms in total. The Morgan fingerprint density at radius 2 is 1.65 bits per heavy atom. The molecule has 0 bridgehead atoms. The molecule has 0 aliphatic heterocycles. The monoisotopic (exact) mass is 540 g/mol. The van der Waals surface area contributed by atoms with E-state index in [0.717, 1.165) is 34.0 Å². The van der Waals surface area contributed by atoms with Crippen LogP contribution in [0.2, 0.25) is 5.02 Å². The van der Waals surface area contributed by atoms with Crippen LogP contribution in [0.3, 0.4) is 0 Å². The Hall–Kier alpha value is -2.63. The molecule has 178 valence electrons. The number of unbranched alkanes of at least 4 members (excludes halogenated alkanes) is 1. The van der Waals surface area contributed by atoms with Crippen molar-refractivity contribution in [2.75, 3.05) is 6.54 Å². The zero-order chi connectivity index (χ0) is 24.3. The molecule has 0 spiro atoms. The van der Waals surface area contributed by atoms with Gasteiger partial charge in [-0.25, -0.2) is 0 Å². The smallest absolute Gasteiger partial charge is 0.243 e. The normalized spacial score (nSPS) is 11.6. The van der Waals surface area contributed by atoms with Crippen molar-refractivity contribution in [2.45, 2.75) is 45.2 Å². The molecule has 0 heterocycles. The van der Waals surface area contributed by atoms with Gasteiger partial charge >= 0.3 is 0 Å². The van der Waals surface area contributed by atoms with E-state index in [1.54, 1.807) is 17.0 Å². The molecule has 6 heteroatoms. The summed E-state index contributed by atoms with van der Waals surface area (Å²) in [6, 6.07) is 24.3. The summed E-state index contributed by atoms with van der Waals surface area (Å²) in [5, 5.41) is 3.67. The Morgan fingerprint density at radius 3 is 2.32 bits per heavy atom. The molecule has 0 unspecified atom stereocenters. The number of nitrogens with zero attached hydrogens (tertiary/aromatic N) is 1. The molecule has 2 amide bonds. The first kappa shape index (κ1) is 26.0. The minimum absolute atomic E-state index is 0.103. The zero-order valence-corrected chi connectivity index (χ0v) is 21.7. The second-order valence-electron chi connectivity index (χ2n) is 8.30. The van der Waals surface area contributed by atoms with Gasteiger partial charge in [0, 0.05) is 29.0 Å². The van der Waals surface area contributed by atoms with Crippen molar-refractivity contribution < 1.29 is 9.59 Å². The first-order chi connectivity index (χ1) is 16.5. The van der Waals surface area contributed by atoms with Crippen LogP contribution in [0.25, 0.3) is 0 Å². The van der Waals surface area contributed by atoms with Crippen molar-refractivity contribution in [1.82, 2.24) is 10.2 Å². The number of rotatable bonds is 11. The fourth-order valence-corrected chi connectivity index (χ4v) is 4.34. The zero-order valence-electron chi connectivity index (χ0n) is 19.3. The fraction of sp³-hybridized carbons (Fsp3) is 0.286. The Bertz CT molecular complexity index is 1070. The molecule has 34 heavy (non-hydrogen) atoms. The highest BCUT2D eigenvalue weighted by atomic mass is 79.9. The van der Waals surface area contributed by atoms with E-state index in [4.69, 9.17) is 11.6 Å². The van der Waals surface area contributed by atoms with Crippen molar-refractivity contribution >= 4 is 39.3 Å². The van der Waals surface area contributed by atoms with Crippen LogP contribution in [-0.4, -0.2) is 29.3 Å². The standard InChI is InChI=1S/C28H30BrClN2O2/c1-2-3-16-31-28(34)26(18-21-8-5-4-6-9-21)32(20-23-10-7-11-24(29)17-23)27(33)19-22-12-14-25(30)15-13-22/h4-15,17,26H,2-3,16,18-20H2,1H3,(H,31,34)/t26-/m1/s1. The molecule has 0 aliphatic rings. The molecule has 0 saturated heterocycles. The van der Waals surface area contributed by atoms with Gasteiger partial charge in [-0.1, -0.05) is 95.5 Å². The number of carbonyl (C=O) groups is 2. The van der Waals surface area contributed by atoms with Crippen LogP contribution < -0.4 is 5.32 Å². The largest absolute Gasteiger partial charge is 0.354 e. The summed E-state index contributed by atoms with van der Waals surface area (Å²) in [4.78, 5) is 28.8. The van der Waals surface area contributed by atoms with Gasteiger partial charge in [-0.2, -0.15) is 0 Å². The van der Waals surface area contributed by atoms with Gasteiger partial charge in [0.25, 0.3) is 0 Å². The van der Waals surface area contributed by atoms with Crippen LogP contribution >= 0.6 is 27.5 Å². The number of halogens is 2. The van der Waals surface area contributed by atoms with Crippen molar-refractivity contribution in [1.29, 1.82) is 0 Å². The van der Waals surface area contributed by atoms with Crippen LogP contribution in [-0.2, 0) is 29.0 Å². The van der Waals surface area contributed by atoms with Crippen molar-refractivity contribution in [3.05, 3.63) is 105 Å². The summed E-state index contributed by atoms with van der Waals surface area (Å²) < 4.78 is 0.933. The molecule has 3 rings (SSSR count). The Morgan fingerprint density at radius 1 is 0.941 bits per heavy atom. The second kappa shape index (κ2) is 13.3. The Kier molecular flexibility index (Phi) is 10.2. The first-order valence-electron chi connectivity index (χ1n) is 11.6. The highest BCUT2D eigenvalue weighted by molar-refractivity contribution is 9.10. The maximum absolute atomic E-state index is 13.7. The average Bonchev–Trinajstić information content (AvgIpc) is 2.83. The van der Waals surface area contributed by atoms with Crippen LogP contribution in [0.4, 0.5) is 0 Å². The van der Waals surface area contributed by atoms with Gasteiger partial charge in [0.15, 0.2) is 0 Å². The summed E-state index contributed by atoms with van der Waals surface area (Å²) in [6.45, 7) is 3.02. The van der Waals surface area contributed by atoms with E-state index < -0.39 is 6.04 Å². The van der Waals surface area contributed by atoms with E-state index in [1.165, 1.54) is 0 Å². The maximum Gasteiger partial charge on any atom is 0.243 e. The van der Waals surface area contributed by atoms with E-state index in [1.807, 2.05) is 66.7 Å². The SMILES string of the molecule is CCCCNC(=O)[C@@H](Cc1ccccc1)N(Cc1cccc(Br)c1)C(=O)Cc1ccc(Cl)cc1. The number of benzene rings is 3. The number of hydrogen-bond acceptors (Lipinski definition) is 2. The van der Waals surface area contributed by atoms with Crippen molar-refractivity contribution in [3.8, 4) is 0 Å². The number of hydrogen-bond donors (Lipinski definition) is 1. The second-order valence-corrected chi connectivity index (χ2v) is 9.66. The van der Waals surface area contributed by atoms with E-state index in [9.17, 15) is 9.59 Å². The molecule has 0 aromatic heterocycles. The van der Waals surface area contributed by atoms with Gasteiger partial charge in [-0.3, -0.25) is 9.59 Å².